The van der Waals surface area contributed by atoms with Crippen LogP contribution in [0.5, 0.6) is 0 Å². The molecule has 2 aromatic carbocycles. The largest absolute Gasteiger partial charge is 0.370 e. The number of halogens is 2. The van der Waals surface area contributed by atoms with Crippen LogP contribution in [0.15, 0.2) is 59.8 Å². The Morgan fingerprint density at radius 3 is 2.71 bits per heavy atom. The summed E-state index contributed by atoms with van der Waals surface area (Å²) in [5, 5.41) is 28.2. The molecule has 34 heavy (non-hydrogen) atoms. The van der Waals surface area contributed by atoms with E-state index in [1.807, 2.05) is 0 Å². The monoisotopic (exact) mass is 496 g/mol. The smallest absolute Gasteiger partial charge is 0.243 e. The minimum absolute atomic E-state index is 0.0629. The van der Waals surface area contributed by atoms with Crippen molar-refractivity contribution in [2.24, 2.45) is 0 Å². The molecule has 3 aromatic rings. The number of ketones is 1. The van der Waals surface area contributed by atoms with Crippen LogP contribution < -0.4 is 5.32 Å². The van der Waals surface area contributed by atoms with Gasteiger partial charge < -0.3 is 15.3 Å². The number of nitrogens with zero attached hydrogens (tertiary/aromatic N) is 4. The predicted octanol–water partition coefficient (Wildman–Crippen LogP) is 3.45. The standard InChI is InChI=1S/C23H18Cl2N6O3/c24-13-3-6-17(25)15(9-13)16-10-21(34)31(18-7-8-19(32)22(16)18)11-20(33)26-14-4-1-12(2-5-14)23-27-29-30-28-23/h1-6,9-10,21,34H,7-8,11H2,(H,26,33)(H,27,28,29,30). The lowest BCUT2D eigenvalue weighted by atomic mass is 9.92. The molecule has 3 N–H and O–H groups in total. The topological polar surface area (TPSA) is 124 Å². The van der Waals surface area contributed by atoms with E-state index in [4.69, 9.17) is 23.2 Å². The first-order valence-electron chi connectivity index (χ1n) is 10.4. The predicted molar refractivity (Wildman–Crippen MR) is 127 cm³/mol. The first-order valence-corrected chi connectivity index (χ1v) is 11.2. The van der Waals surface area contributed by atoms with Gasteiger partial charge in [0, 0.05) is 44.6 Å². The molecule has 2 aliphatic rings. The molecule has 172 valence electrons. The molecular formula is C23H18Cl2N6O3. The maximum Gasteiger partial charge on any atom is 0.243 e. The highest BCUT2D eigenvalue weighted by Gasteiger charge is 2.37. The van der Waals surface area contributed by atoms with Crippen LogP contribution in [0.2, 0.25) is 10.0 Å². The number of Topliss-reactive ketones (excluding diaryl/α,β-unsaturated/α-hetero) is 1. The number of nitrogens with one attached hydrogen (secondary N) is 2. The highest BCUT2D eigenvalue weighted by molar-refractivity contribution is 6.35. The van der Waals surface area contributed by atoms with Gasteiger partial charge in [0.05, 0.1) is 6.54 Å². The molecule has 5 rings (SSSR count). The lowest BCUT2D eigenvalue weighted by Gasteiger charge is -2.34. The number of carbonyl (C=O) groups is 2. The zero-order valence-electron chi connectivity index (χ0n) is 17.6. The number of tetrazole rings is 1. The van der Waals surface area contributed by atoms with Gasteiger partial charge in [0.15, 0.2) is 11.6 Å². The van der Waals surface area contributed by atoms with Crippen molar-refractivity contribution in [3.8, 4) is 11.4 Å². The number of anilines is 1. The summed E-state index contributed by atoms with van der Waals surface area (Å²) in [5.74, 6) is 0.117. The fourth-order valence-corrected chi connectivity index (χ4v) is 4.57. The number of rotatable bonds is 5. The van der Waals surface area contributed by atoms with E-state index < -0.39 is 6.23 Å². The number of hydrogen-bond acceptors (Lipinski definition) is 7. The summed E-state index contributed by atoms with van der Waals surface area (Å²) < 4.78 is 0. The maximum absolute atomic E-state index is 12.8. The van der Waals surface area contributed by atoms with Crippen molar-refractivity contribution in [2.75, 3.05) is 11.9 Å². The number of carbonyl (C=O) groups excluding carboxylic acids is 2. The van der Waals surface area contributed by atoms with Crippen molar-refractivity contribution >= 4 is 46.2 Å². The molecule has 11 heteroatoms. The van der Waals surface area contributed by atoms with Crippen LogP contribution in [0.1, 0.15) is 18.4 Å². The minimum atomic E-state index is -1.11. The Morgan fingerprint density at radius 1 is 1.18 bits per heavy atom. The molecule has 0 radical (unpaired) electrons. The molecule has 9 nitrogen and oxygen atoms in total. The fourth-order valence-electron chi connectivity index (χ4n) is 4.18. The van der Waals surface area contributed by atoms with Crippen LogP contribution in [0.3, 0.4) is 0 Å². The quantitative estimate of drug-likeness (QED) is 0.493. The molecule has 1 atom stereocenters. The van der Waals surface area contributed by atoms with Gasteiger partial charge in [-0.15, -0.1) is 5.10 Å². The molecule has 0 fully saturated rings. The molecule has 2 heterocycles. The van der Waals surface area contributed by atoms with Crippen LogP contribution in [-0.4, -0.2) is 55.1 Å². The van der Waals surface area contributed by atoms with Crippen LogP contribution in [0.4, 0.5) is 5.69 Å². The number of benzene rings is 2. The van der Waals surface area contributed by atoms with E-state index in [-0.39, 0.29) is 18.2 Å². The van der Waals surface area contributed by atoms with Gasteiger partial charge in [-0.2, -0.15) is 0 Å². The number of aliphatic hydroxyl groups is 1. The Labute approximate surface area is 204 Å². The zero-order chi connectivity index (χ0) is 23.8. The summed E-state index contributed by atoms with van der Waals surface area (Å²) in [6.07, 6.45) is 1.14. The maximum atomic E-state index is 12.8. The van der Waals surface area contributed by atoms with Gasteiger partial charge >= 0.3 is 0 Å². The highest BCUT2D eigenvalue weighted by Crippen LogP contribution is 2.42. The minimum Gasteiger partial charge on any atom is -0.370 e. The van der Waals surface area contributed by atoms with Crippen molar-refractivity contribution in [3.63, 3.8) is 0 Å². The van der Waals surface area contributed by atoms with Gasteiger partial charge in [-0.25, -0.2) is 5.10 Å². The molecule has 0 bridgehead atoms. The molecule has 1 aromatic heterocycles. The second-order valence-electron chi connectivity index (χ2n) is 7.87. The van der Waals surface area contributed by atoms with E-state index in [0.717, 1.165) is 5.56 Å². The second-order valence-corrected chi connectivity index (χ2v) is 8.71. The van der Waals surface area contributed by atoms with E-state index in [1.54, 1.807) is 42.5 Å². The van der Waals surface area contributed by atoms with Gasteiger partial charge in [-0.05, 0) is 71.0 Å². The average molecular weight is 497 g/mol. The molecule has 0 saturated carbocycles. The molecule has 1 aliphatic heterocycles. The average Bonchev–Trinajstić information content (AvgIpc) is 3.48. The zero-order valence-corrected chi connectivity index (χ0v) is 19.1. The highest BCUT2D eigenvalue weighted by atomic mass is 35.5. The van der Waals surface area contributed by atoms with E-state index in [0.29, 0.717) is 56.8 Å². The van der Waals surface area contributed by atoms with E-state index >= 15 is 0 Å². The van der Waals surface area contributed by atoms with Crippen LogP contribution in [-0.2, 0) is 9.59 Å². The van der Waals surface area contributed by atoms with Gasteiger partial charge in [0.1, 0.15) is 6.23 Å². The molecule has 1 aliphatic carbocycles. The Balaban J connectivity index is 1.36. The van der Waals surface area contributed by atoms with E-state index in [9.17, 15) is 14.7 Å². The number of H-pyrrole nitrogens is 1. The van der Waals surface area contributed by atoms with Gasteiger partial charge in [0.2, 0.25) is 5.91 Å². The summed E-state index contributed by atoms with van der Waals surface area (Å²) >= 11 is 12.5. The summed E-state index contributed by atoms with van der Waals surface area (Å²) in [6, 6.07) is 12.0. The number of amides is 1. The second kappa shape index (κ2) is 9.02. The Bertz CT molecular complexity index is 1340. The first kappa shape index (κ1) is 22.3. The van der Waals surface area contributed by atoms with Gasteiger partial charge in [-0.1, -0.05) is 23.2 Å². The lowest BCUT2D eigenvalue weighted by molar-refractivity contribution is -0.118. The lowest BCUT2D eigenvalue weighted by Crippen LogP contribution is -2.41. The van der Waals surface area contributed by atoms with Crippen molar-refractivity contribution in [1.29, 1.82) is 0 Å². The Morgan fingerprint density at radius 2 is 1.97 bits per heavy atom. The third-order valence-electron chi connectivity index (χ3n) is 5.73. The van der Waals surface area contributed by atoms with Crippen molar-refractivity contribution in [3.05, 3.63) is 75.4 Å². The molecule has 1 unspecified atom stereocenters. The molecule has 0 spiro atoms. The molecule has 1 amide bonds. The van der Waals surface area contributed by atoms with Crippen LogP contribution in [0, 0.1) is 0 Å². The number of aromatic amines is 1. The number of hydrogen-bond donors (Lipinski definition) is 3. The van der Waals surface area contributed by atoms with Crippen molar-refractivity contribution < 1.29 is 14.7 Å². The number of aliphatic hydroxyl groups excluding tert-OH is 1. The SMILES string of the molecule is O=C(CN1C2=C(C(=O)CC2)C(c2cc(Cl)ccc2Cl)=CC1O)Nc1ccc(-c2nnn[nH]2)cc1. The fraction of sp³-hybridized carbons (Fsp3) is 0.174. The van der Waals surface area contributed by atoms with E-state index in [1.165, 1.54) is 11.0 Å². The Kier molecular flexibility index (Phi) is 5.91. The van der Waals surface area contributed by atoms with Gasteiger partial charge in [-0.3, -0.25) is 9.59 Å². The summed E-state index contributed by atoms with van der Waals surface area (Å²) in [4.78, 5) is 27.1. The molecular weight excluding hydrogens is 479 g/mol. The third kappa shape index (κ3) is 4.21. The third-order valence-corrected chi connectivity index (χ3v) is 6.29. The van der Waals surface area contributed by atoms with E-state index in [2.05, 4.69) is 25.9 Å². The molecule has 0 saturated heterocycles. The van der Waals surface area contributed by atoms with Crippen molar-refractivity contribution in [2.45, 2.75) is 19.1 Å². The van der Waals surface area contributed by atoms with Crippen LogP contribution >= 0.6 is 23.2 Å². The summed E-state index contributed by atoms with van der Waals surface area (Å²) in [5.41, 5.74) is 3.54. The van der Waals surface area contributed by atoms with Gasteiger partial charge in [0.25, 0.3) is 0 Å². The summed E-state index contributed by atoms with van der Waals surface area (Å²) in [6.45, 7) is -0.131. The van der Waals surface area contributed by atoms with Crippen molar-refractivity contribution in [1.82, 2.24) is 25.5 Å². The first-order chi connectivity index (χ1) is 16.4. The summed E-state index contributed by atoms with van der Waals surface area (Å²) in [7, 11) is 0. The number of allylic oxidation sites excluding steroid dienone is 3. The Hall–Kier alpha value is -3.53. The number of aromatic nitrogens is 4. The normalized spacial score (nSPS) is 17.6. The van der Waals surface area contributed by atoms with Crippen LogP contribution in [0.25, 0.3) is 17.0 Å².